The van der Waals surface area contributed by atoms with Crippen LogP contribution in [-0.4, -0.2) is 21.4 Å². The van der Waals surface area contributed by atoms with Gasteiger partial charge in [0, 0.05) is 11.9 Å². The molecule has 3 rings (SSSR count). The molecule has 0 bridgehead atoms. The highest BCUT2D eigenvalue weighted by Crippen LogP contribution is 2.13. The summed E-state index contributed by atoms with van der Waals surface area (Å²) >= 11 is 0. The molecule has 0 aliphatic rings. The molecule has 0 aliphatic heterocycles. The smallest absolute Gasteiger partial charge is 0.267 e. The third-order valence-electron chi connectivity index (χ3n) is 3.90. The number of hydrazone groups is 1. The molecule has 0 aliphatic carbocycles. The third kappa shape index (κ3) is 3.33. The molecule has 2 aromatic carbocycles. The van der Waals surface area contributed by atoms with Crippen molar-refractivity contribution in [1.29, 1.82) is 0 Å². The zero-order chi connectivity index (χ0) is 17.8. The largest absolute Gasteiger partial charge is 0.292 e. The zero-order valence-electron chi connectivity index (χ0n) is 14.1. The van der Waals surface area contributed by atoms with Crippen molar-refractivity contribution in [2.45, 2.75) is 20.4 Å². The summed E-state index contributed by atoms with van der Waals surface area (Å²) in [5, 5.41) is 9.32. The van der Waals surface area contributed by atoms with Gasteiger partial charge in [0.1, 0.15) is 0 Å². The van der Waals surface area contributed by atoms with E-state index in [9.17, 15) is 9.59 Å². The number of nitrogens with zero attached hydrogens (tertiary/aromatic N) is 3. The maximum Gasteiger partial charge on any atom is 0.292 e. The molecule has 3 aromatic rings. The molecular formula is C19H18N4O2. The summed E-state index contributed by atoms with van der Waals surface area (Å²) in [4.78, 5) is 24.9. The Balaban J connectivity index is 1.98. The van der Waals surface area contributed by atoms with Gasteiger partial charge in [-0.1, -0.05) is 48.5 Å². The fourth-order valence-electron chi connectivity index (χ4n) is 2.55. The van der Waals surface area contributed by atoms with Crippen LogP contribution in [0.3, 0.4) is 0 Å². The van der Waals surface area contributed by atoms with E-state index in [1.807, 2.05) is 44.2 Å². The Hall–Kier alpha value is -3.28. The Morgan fingerprint density at radius 3 is 2.40 bits per heavy atom. The number of amides is 1. The van der Waals surface area contributed by atoms with Gasteiger partial charge < -0.3 is 0 Å². The molecule has 126 valence electrons. The van der Waals surface area contributed by atoms with Crippen LogP contribution in [0.15, 0.2) is 64.5 Å². The minimum atomic E-state index is -0.450. The van der Waals surface area contributed by atoms with Crippen LogP contribution >= 0.6 is 0 Å². The molecule has 6 heteroatoms. The second-order valence-corrected chi connectivity index (χ2v) is 5.52. The minimum Gasteiger partial charge on any atom is -0.267 e. The Kier molecular flexibility index (Phi) is 4.70. The van der Waals surface area contributed by atoms with E-state index in [1.165, 1.54) is 4.68 Å². The Morgan fingerprint density at radius 1 is 1.08 bits per heavy atom. The fourth-order valence-corrected chi connectivity index (χ4v) is 2.55. The van der Waals surface area contributed by atoms with Gasteiger partial charge >= 0.3 is 0 Å². The highest BCUT2D eigenvalue weighted by molar-refractivity contribution is 6.06. The molecule has 6 nitrogen and oxygen atoms in total. The quantitative estimate of drug-likeness (QED) is 0.588. The SMILES string of the molecule is CCn1nc(C(=O)N/N=C(/C)c2ccccc2)c2ccccc2c1=O. The number of aryl methyl sites for hydroxylation is 1. The fraction of sp³-hybridized carbons (Fsp3) is 0.158. The number of benzene rings is 2. The predicted molar refractivity (Wildman–Crippen MR) is 97.8 cm³/mol. The molecule has 1 heterocycles. The lowest BCUT2D eigenvalue weighted by molar-refractivity contribution is 0.0949. The molecule has 0 saturated carbocycles. The number of carbonyl (C=O) groups is 1. The molecular weight excluding hydrogens is 316 g/mol. The summed E-state index contributed by atoms with van der Waals surface area (Å²) in [6, 6.07) is 16.5. The van der Waals surface area contributed by atoms with Crippen molar-refractivity contribution in [3.05, 3.63) is 76.2 Å². The van der Waals surface area contributed by atoms with E-state index in [0.717, 1.165) is 5.56 Å². The number of hydrogen-bond donors (Lipinski definition) is 1. The van der Waals surface area contributed by atoms with Crippen LogP contribution < -0.4 is 11.0 Å². The monoisotopic (exact) mass is 334 g/mol. The molecule has 1 N–H and O–H groups in total. The van der Waals surface area contributed by atoms with Gasteiger partial charge in [0.05, 0.1) is 11.1 Å². The first kappa shape index (κ1) is 16.6. The topological polar surface area (TPSA) is 76.3 Å². The van der Waals surface area contributed by atoms with Crippen LogP contribution in [-0.2, 0) is 6.54 Å². The predicted octanol–water partition coefficient (Wildman–Crippen LogP) is 2.57. The average molecular weight is 334 g/mol. The average Bonchev–Trinajstić information content (AvgIpc) is 2.67. The molecule has 0 spiro atoms. The van der Waals surface area contributed by atoms with Crippen molar-refractivity contribution in [3.63, 3.8) is 0 Å². The van der Waals surface area contributed by atoms with Crippen molar-refractivity contribution in [3.8, 4) is 0 Å². The van der Waals surface area contributed by atoms with E-state index in [-0.39, 0.29) is 11.3 Å². The summed E-state index contributed by atoms with van der Waals surface area (Å²) in [7, 11) is 0. The zero-order valence-corrected chi connectivity index (χ0v) is 14.1. The Bertz CT molecular complexity index is 1010. The first-order chi connectivity index (χ1) is 12.1. The normalized spacial score (nSPS) is 11.5. The number of nitrogens with one attached hydrogen (secondary N) is 1. The van der Waals surface area contributed by atoms with Gasteiger partial charge in [-0.15, -0.1) is 0 Å². The summed E-state index contributed by atoms with van der Waals surface area (Å²) in [5.74, 6) is -0.450. The van der Waals surface area contributed by atoms with Crippen LogP contribution in [0.25, 0.3) is 10.8 Å². The summed E-state index contributed by atoms with van der Waals surface area (Å²) in [5.41, 5.74) is 4.10. The summed E-state index contributed by atoms with van der Waals surface area (Å²) < 4.78 is 1.28. The second kappa shape index (κ2) is 7.09. The summed E-state index contributed by atoms with van der Waals surface area (Å²) in [6.45, 7) is 4.01. The van der Waals surface area contributed by atoms with E-state index in [1.54, 1.807) is 24.3 Å². The van der Waals surface area contributed by atoms with Crippen molar-refractivity contribution < 1.29 is 4.79 Å². The first-order valence-electron chi connectivity index (χ1n) is 8.01. The van der Waals surface area contributed by atoms with E-state index < -0.39 is 5.91 Å². The Labute approximate surface area is 144 Å². The van der Waals surface area contributed by atoms with Crippen LogP contribution in [0.2, 0.25) is 0 Å². The van der Waals surface area contributed by atoms with Crippen LogP contribution in [0.1, 0.15) is 29.9 Å². The van der Waals surface area contributed by atoms with Gasteiger partial charge in [-0.2, -0.15) is 10.2 Å². The maximum absolute atomic E-state index is 12.6. The number of aromatic nitrogens is 2. The van der Waals surface area contributed by atoms with E-state index in [2.05, 4.69) is 15.6 Å². The van der Waals surface area contributed by atoms with Crippen LogP contribution in [0.4, 0.5) is 0 Å². The number of fused-ring (bicyclic) bond motifs is 1. The van der Waals surface area contributed by atoms with Gasteiger partial charge in [0.25, 0.3) is 11.5 Å². The summed E-state index contributed by atoms with van der Waals surface area (Å²) in [6.07, 6.45) is 0. The van der Waals surface area contributed by atoms with Gasteiger partial charge in [0.15, 0.2) is 5.69 Å². The minimum absolute atomic E-state index is 0.182. The number of hydrogen-bond acceptors (Lipinski definition) is 4. The standard InChI is InChI=1S/C19H18N4O2/c1-3-23-19(25)16-12-8-7-11-15(16)17(22-23)18(24)21-20-13(2)14-9-5-4-6-10-14/h4-12H,3H2,1-2H3,(H,21,24)/b20-13-. The van der Waals surface area contributed by atoms with Gasteiger partial charge in [-0.3, -0.25) is 9.59 Å². The van der Waals surface area contributed by atoms with Crippen LogP contribution in [0.5, 0.6) is 0 Å². The third-order valence-corrected chi connectivity index (χ3v) is 3.90. The highest BCUT2D eigenvalue weighted by atomic mass is 16.2. The number of rotatable bonds is 4. The molecule has 0 fully saturated rings. The molecule has 1 amide bonds. The van der Waals surface area contributed by atoms with E-state index in [4.69, 9.17) is 0 Å². The lowest BCUT2D eigenvalue weighted by Crippen LogP contribution is -2.28. The maximum atomic E-state index is 12.6. The molecule has 0 radical (unpaired) electrons. The second-order valence-electron chi connectivity index (χ2n) is 5.52. The van der Waals surface area contributed by atoms with Crippen LogP contribution in [0, 0.1) is 0 Å². The van der Waals surface area contributed by atoms with E-state index >= 15 is 0 Å². The molecule has 0 saturated heterocycles. The van der Waals surface area contributed by atoms with Crippen molar-refractivity contribution in [2.24, 2.45) is 5.10 Å². The lowest BCUT2D eigenvalue weighted by atomic mass is 10.1. The molecule has 1 aromatic heterocycles. The van der Waals surface area contributed by atoms with Gasteiger partial charge in [-0.25, -0.2) is 10.1 Å². The van der Waals surface area contributed by atoms with Crippen molar-refractivity contribution >= 4 is 22.4 Å². The highest BCUT2D eigenvalue weighted by Gasteiger charge is 2.15. The molecule has 0 atom stereocenters. The number of carbonyl (C=O) groups excluding carboxylic acids is 1. The van der Waals surface area contributed by atoms with Gasteiger partial charge in [0.2, 0.25) is 0 Å². The lowest BCUT2D eigenvalue weighted by Gasteiger charge is -2.09. The molecule has 0 unspecified atom stereocenters. The van der Waals surface area contributed by atoms with Crippen molar-refractivity contribution in [1.82, 2.24) is 15.2 Å². The van der Waals surface area contributed by atoms with Gasteiger partial charge in [-0.05, 0) is 25.5 Å². The van der Waals surface area contributed by atoms with E-state index in [0.29, 0.717) is 23.0 Å². The molecule has 25 heavy (non-hydrogen) atoms. The van der Waals surface area contributed by atoms with Crippen molar-refractivity contribution in [2.75, 3.05) is 0 Å². The first-order valence-corrected chi connectivity index (χ1v) is 8.01. The Morgan fingerprint density at radius 2 is 1.72 bits per heavy atom.